The van der Waals surface area contributed by atoms with Gasteiger partial charge in [-0.05, 0) is 67.9 Å². The van der Waals surface area contributed by atoms with Crippen LogP contribution in [0.25, 0.3) is 33.6 Å². The first-order valence-corrected chi connectivity index (χ1v) is 13.3. The molecule has 3 atom stereocenters. The molecule has 8 nitrogen and oxygen atoms in total. The number of hydrogen-bond acceptors (Lipinski definition) is 5. The fraction of sp³-hybridized carbons (Fsp3) is 0.464. The maximum absolute atomic E-state index is 13.9. The van der Waals surface area contributed by atoms with E-state index in [0.29, 0.717) is 46.6 Å². The van der Waals surface area contributed by atoms with Gasteiger partial charge in [-0.25, -0.2) is 18.7 Å². The predicted molar refractivity (Wildman–Crippen MR) is 139 cm³/mol. The van der Waals surface area contributed by atoms with Crippen LogP contribution in [0.5, 0.6) is 5.75 Å². The minimum atomic E-state index is -2.60. The van der Waals surface area contributed by atoms with Crippen molar-refractivity contribution in [2.45, 2.75) is 57.3 Å². The molecule has 10 heteroatoms. The zero-order valence-electron chi connectivity index (χ0n) is 21.2. The highest BCUT2D eigenvalue weighted by Crippen LogP contribution is 2.40. The maximum Gasteiger partial charge on any atom is 0.256 e. The number of pyridine rings is 1. The van der Waals surface area contributed by atoms with Crippen LogP contribution in [-0.2, 0) is 13.1 Å². The Morgan fingerprint density at radius 2 is 2.03 bits per heavy atom. The van der Waals surface area contributed by atoms with E-state index in [1.54, 1.807) is 18.3 Å². The quantitative estimate of drug-likeness (QED) is 0.392. The predicted octanol–water partition coefficient (Wildman–Crippen LogP) is 4.30. The summed E-state index contributed by atoms with van der Waals surface area (Å²) in [4.78, 5) is 24.9. The van der Waals surface area contributed by atoms with Gasteiger partial charge in [0.05, 0.1) is 24.9 Å². The van der Waals surface area contributed by atoms with E-state index in [-0.39, 0.29) is 18.0 Å². The number of amides is 1. The number of methoxy groups -OCH3 is 1. The zero-order valence-corrected chi connectivity index (χ0v) is 21.2. The number of ether oxygens (including phenoxy) is 1. The third-order valence-electron chi connectivity index (χ3n) is 8.53. The second kappa shape index (κ2) is 8.76. The summed E-state index contributed by atoms with van der Waals surface area (Å²) in [5.41, 5.74) is 9.23. The lowest BCUT2D eigenvalue weighted by Crippen LogP contribution is -2.41. The van der Waals surface area contributed by atoms with Crippen LogP contribution >= 0.6 is 0 Å². The highest BCUT2D eigenvalue weighted by Gasteiger charge is 2.47. The minimum Gasteiger partial charge on any atom is -0.494 e. The molecule has 4 heterocycles. The van der Waals surface area contributed by atoms with Crippen LogP contribution in [-0.4, -0.2) is 62.1 Å². The summed E-state index contributed by atoms with van der Waals surface area (Å²) < 4.78 is 37.2. The lowest BCUT2D eigenvalue weighted by Gasteiger charge is -2.27. The van der Waals surface area contributed by atoms with Crippen LogP contribution in [0.15, 0.2) is 36.5 Å². The minimum absolute atomic E-state index is 0.00317. The SMILES string of the molecule is COc1cc(C(=O)N2CC3CCC2C3N)cc2nc(-c3cc4cccnc4n3CC3CC3)n(CC(F)F)c12. The van der Waals surface area contributed by atoms with Crippen LogP contribution in [0.3, 0.4) is 0 Å². The third kappa shape index (κ3) is 3.68. The van der Waals surface area contributed by atoms with E-state index in [4.69, 9.17) is 15.5 Å². The number of aromatic nitrogens is 4. The molecular formula is C28H30F2N6O2. The molecule has 1 saturated heterocycles. The molecule has 0 spiro atoms. The van der Waals surface area contributed by atoms with E-state index in [1.807, 2.05) is 23.1 Å². The molecule has 1 amide bonds. The van der Waals surface area contributed by atoms with Crippen LogP contribution in [0.1, 0.15) is 36.0 Å². The first kappa shape index (κ1) is 23.6. The van der Waals surface area contributed by atoms with Gasteiger partial charge in [0.25, 0.3) is 12.3 Å². The Kier molecular flexibility index (Phi) is 5.43. The van der Waals surface area contributed by atoms with Crippen LogP contribution in [0, 0.1) is 11.8 Å². The Morgan fingerprint density at radius 1 is 1.18 bits per heavy atom. The summed E-state index contributed by atoms with van der Waals surface area (Å²) in [5, 5.41) is 0.932. The molecule has 0 radical (unpaired) electrons. The number of halogens is 2. The Hall–Kier alpha value is -3.53. The number of benzene rings is 1. The number of nitrogens with two attached hydrogens (primary N) is 1. The number of piperidine rings is 1. The molecule has 7 rings (SSSR count). The lowest BCUT2D eigenvalue weighted by molar-refractivity contribution is 0.0700. The fourth-order valence-electron chi connectivity index (χ4n) is 6.48. The van der Waals surface area contributed by atoms with E-state index in [2.05, 4.69) is 9.55 Å². The largest absolute Gasteiger partial charge is 0.494 e. The van der Waals surface area contributed by atoms with Crippen molar-refractivity contribution in [2.24, 2.45) is 17.6 Å². The average molecular weight is 521 g/mol. The van der Waals surface area contributed by atoms with Gasteiger partial charge in [-0.15, -0.1) is 0 Å². The molecule has 2 saturated carbocycles. The van der Waals surface area contributed by atoms with Gasteiger partial charge < -0.3 is 24.5 Å². The van der Waals surface area contributed by atoms with Crippen LogP contribution in [0.2, 0.25) is 0 Å². The van der Waals surface area contributed by atoms with Crippen LogP contribution < -0.4 is 10.5 Å². The number of alkyl halides is 2. The second-order valence-electron chi connectivity index (χ2n) is 10.9. The highest BCUT2D eigenvalue weighted by molar-refractivity contribution is 6.00. The summed E-state index contributed by atoms with van der Waals surface area (Å²) in [7, 11) is 1.49. The molecule has 38 heavy (non-hydrogen) atoms. The monoisotopic (exact) mass is 520 g/mol. The van der Waals surface area contributed by atoms with Crippen molar-refractivity contribution in [3.05, 3.63) is 42.1 Å². The Morgan fingerprint density at radius 3 is 2.71 bits per heavy atom. The summed E-state index contributed by atoms with van der Waals surface area (Å²) in [6, 6.07) is 9.20. The van der Waals surface area contributed by atoms with Crippen molar-refractivity contribution < 1.29 is 18.3 Å². The van der Waals surface area contributed by atoms with E-state index >= 15 is 0 Å². The Balaban J connectivity index is 1.39. The van der Waals surface area contributed by atoms with Crippen molar-refractivity contribution in [3.63, 3.8) is 0 Å². The Labute approximate surface area is 218 Å². The summed E-state index contributed by atoms with van der Waals surface area (Å²) in [5.74, 6) is 1.52. The molecule has 2 bridgehead atoms. The molecule has 1 aromatic carbocycles. The van der Waals surface area contributed by atoms with Gasteiger partial charge in [0, 0.05) is 42.3 Å². The topological polar surface area (TPSA) is 91.2 Å². The summed E-state index contributed by atoms with van der Waals surface area (Å²) in [6.45, 7) is 0.856. The number of carbonyl (C=O) groups excluding carboxylic acids is 1. The van der Waals surface area contributed by atoms with Crippen LogP contribution in [0.4, 0.5) is 8.78 Å². The van der Waals surface area contributed by atoms with Crippen molar-refractivity contribution in [3.8, 4) is 17.3 Å². The van der Waals surface area contributed by atoms with Gasteiger partial charge in [0.1, 0.15) is 16.9 Å². The molecule has 2 N–H and O–H groups in total. The Bertz CT molecular complexity index is 1560. The number of carbonyl (C=O) groups is 1. The van der Waals surface area contributed by atoms with Crippen molar-refractivity contribution in [1.29, 1.82) is 0 Å². The smallest absolute Gasteiger partial charge is 0.256 e. The van der Waals surface area contributed by atoms with E-state index in [1.165, 1.54) is 11.7 Å². The molecule has 3 unspecified atom stereocenters. The molecule has 198 valence electrons. The van der Waals surface area contributed by atoms with Gasteiger partial charge in [0.15, 0.2) is 5.82 Å². The first-order valence-electron chi connectivity index (χ1n) is 13.3. The highest BCUT2D eigenvalue weighted by atomic mass is 19.3. The fourth-order valence-corrected chi connectivity index (χ4v) is 6.48. The molecule has 3 aromatic heterocycles. The number of fused-ring (bicyclic) bond motifs is 4. The second-order valence-corrected chi connectivity index (χ2v) is 10.9. The number of imidazole rings is 1. The third-order valence-corrected chi connectivity index (χ3v) is 8.53. The normalized spacial score (nSPS) is 22.9. The van der Waals surface area contributed by atoms with Gasteiger partial charge in [-0.1, -0.05) is 0 Å². The lowest BCUT2D eigenvalue weighted by atomic mass is 10.1. The molecule has 4 aromatic rings. The summed E-state index contributed by atoms with van der Waals surface area (Å²) in [6.07, 6.45) is 3.38. The van der Waals surface area contributed by atoms with Gasteiger partial charge in [0.2, 0.25) is 0 Å². The summed E-state index contributed by atoms with van der Waals surface area (Å²) >= 11 is 0. The van der Waals surface area contributed by atoms with E-state index < -0.39 is 13.0 Å². The molecular weight excluding hydrogens is 490 g/mol. The molecule has 2 aliphatic carbocycles. The van der Waals surface area contributed by atoms with Gasteiger partial charge in [-0.2, -0.15) is 0 Å². The molecule has 3 fully saturated rings. The zero-order chi connectivity index (χ0) is 26.1. The van der Waals surface area contributed by atoms with E-state index in [0.717, 1.165) is 49.0 Å². The standard InChI is InChI=1S/C28H30F2N6O2/c1-38-22-11-18(28(37)35-13-17-6-7-20(35)24(17)31)9-19-25(22)36(14-23(29)30)27(33-19)21-10-16-3-2-8-32-26(16)34(21)12-15-4-5-15/h2-3,8-11,15,17,20,23-24H,4-7,12-14,31H2,1H3. The maximum atomic E-state index is 13.9. The molecule has 3 aliphatic rings. The van der Waals surface area contributed by atoms with Gasteiger partial charge >= 0.3 is 0 Å². The number of rotatable bonds is 7. The number of nitrogens with zero attached hydrogens (tertiary/aromatic N) is 5. The number of hydrogen-bond donors (Lipinski definition) is 1. The van der Waals surface area contributed by atoms with Crippen molar-refractivity contribution >= 4 is 28.0 Å². The first-order chi connectivity index (χ1) is 18.4. The van der Waals surface area contributed by atoms with Gasteiger partial charge in [-0.3, -0.25) is 4.79 Å². The average Bonchev–Trinajstić information content (AvgIpc) is 3.28. The van der Waals surface area contributed by atoms with Crippen molar-refractivity contribution in [1.82, 2.24) is 24.0 Å². The van der Waals surface area contributed by atoms with E-state index in [9.17, 15) is 13.6 Å². The number of likely N-dealkylation sites (tertiary alicyclic amines) is 1. The van der Waals surface area contributed by atoms with Crippen molar-refractivity contribution in [2.75, 3.05) is 13.7 Å². The molecule has 1 aliphatic heterocycles.